The summed E-state index contributed by atoms with van der Waals surface area (Å²) in [6.45, 7) is 3.78. The molecule has 10 nitrogen and oxygen atoms in total. The lowest BCUT2D eigenvalue weighted by molar-refractivity contribution is -0.136. The van der Waals surface area contributed by atoms with Crippen molar-refractivity contribution in [2.24, 2.45) is 0 Å². The molecule has 1 aliphatic heterocycles. The Balaban J connectivity index is 1.39. The summed E-state index contributed by atoms with van der Waals surface area (Å²) in [7, 11) is 0. The van der Waals surface area contributed by atoms with E-state index in [0.717, 1.165) is 20.5 Å². The first-order valence-corrected chi connectivity index (χ1v) is 10.3. The van der Waals surface area contributed by atoms with Crippen molar-refractivity contribution in [2.75, 3.05) is 31.6 Å². The number of amides is 2. The highest BCUT2D eigenvalue weighted by atomic mass is 16.5. The second kappa shape index (κ2) is 9.56. The Morgan fingerprint density at radius 2 is 1.81 bits per heavy atom. The highest BCUT2D eigenvalue weighted by Crippen LogP contribution is 2.12. The second-order valence-electron chi connectivity index (χ2n) is 7.58. The smallest absolute Gasteiger partial charge is 0.368 e. The number of tetrazole rings is 1. The second-order valence-corrected chi connectivity index (χ2v) is 7.58. The lowest BCUT2D eigenvalue weighted by Crippen LogP contribution is -2.43. The fraction of sp³-hybridized carbons (Fsp3) is 0.318. The molecule has 0 spiro atoms. The van der Waals surface area contributed by atoms with Gasteiger partial charge in [-0.25, -0.2) is 4.79 Å². The fourth-order valence-corrected chi connectivity index (χ4v) is 3.47. The average Bonchev–Trinajstić information content (AvgIpc) is 3.15. The molecule has 0 saturated carbocycles. The third-order valence-electron chi connectivity index (χ3n) is 5.13. The minimum Gasteiger partial charge on any atom is -0.378 e. The van der Waals surface area contributed by atoms with E-state index in [1.54, 1.807) is 29.2 Å². The zero-order valence-electron chi connectivity index (χ0n) is 17.7. The number of hydrogen-bond donors (Lipinski definition) is 1. The largest absolute Gasteiger partial charge is 0.378 e. The van der Waals surface area contributed by atoms with E-state index in [0.29, 0.717) is 37.7 Å². The first kappa shape index (κ1) is 21.4. The Morgan fingerprint density at radius 3 is 2.53 bits per heavy atom. The van der Waals surface area contributed by atoms with Crippen LogP contribution in [-0.4, -0.2) is 62.8 Å². The highest BCUT2D eigenvalue weighted by Gasteiger charge is 2.19. The van der Waals surface area contributed by atoms with Crippen molar-refractivity contribution in [2.45, 2.75) is 19.9 Å². The summed E-state index contributed by atoms with van der Waals surface area (Å²) in [5.41, 5.74) is 2.62. The molecule has 0 radical (unpaired) electrons. The topological polar surface area (TPSA) is 111 Å². The van der Waals surface area contributed by atoms with Gasteiger partial charge in [0.05, 0.1) is 25.3 Å². The van der Waals surface area contributed by atoms with E-state index in [-0.39, 0.29) is 24.8 Å². The van der Waals surface area contributed by atoms with Crippen LogP contribution in [0.3, 0.4) is 0 Å². The summed E-state index contributed by atoms with van der Waals surface area (Å²) in [4.78, 5) is 38.9. The molecule has 2 aromatic carbocycles. The predicted octanol–water partition coefficient (Wildman–Crippen LogP) is 0.777. The van der Waals surface area contributed by atoms with Crippen LogP contribution in [0.5, 0.6) is 0 Å². The summed E-state index contributed by atoms with van der Waals surface area (Å²) in [5.74, 6) is -0.331. The van der Waals surface area contributed by atoms with Gasteiger partial charge in [-0.05, 0) is 47.2 Å². The standard InChI is InChI=1S/C22H24N6O4/c1-16-3-2-4-17(13-16)14-20(29)23-18-5-7-19(8-6-18)28-22(31)27(24-25-28)15-21(30)26-9-11-32-12-10-26/h2-8,13H,9-12,14-15H2,1H3,(H,23,29). The van der Waals surface area contributed by atoms with Gasteiger partial charge in [0.1, 0.15) is 6.54 Å². The number of hydrogen-bond acceptors (Lipinski definition) is 6. The van der Waals surface area contributed by atoms with Crippen molar-refractivity contribution < 1.29 is 14.3 Å². The maximum absolute atomic E-state index is 12.6. The molecule has 10 heteroatoms. The summed E-state index contributed by atoms with van der Waals surface area (Å²) >= 11 is 0. The van der Waals surface area contributed by atoms with Gasteiger partial charge in [-0.2, -0.15) is 9.36 Å². The summed E-state index contributed by atoms with van der Waals surface area (Å²) in [6.07, 6.45) is 0.272. The molecule has 1 fully saturated rings. The van der Waals surface area contributed by atoms with Crippen LogP contribution >= 0.6 is 0 Å². The van der Waals surface area contributed by atoms with E-state index in [1.165, 1.54) is 0 Å². The van der Waals surface area contributed by atoms with Crippen molar-refractivity contribution in [1.82, 2.24) is 24.7 Å². The molecule has 1 aliphatic rings. The number of carbonyl (C=O) groups excluding carboxylic acids is 2. The van der Waals surface area contributed by atoms with Gasteiger partial charge in [-0.3, -0.25) is 9.59 Å². The van der Waals surface area contributed by atoms with Gasteiger partial charge in [0.2, 0.25) is 11.8 Å². The first-order chi connectivity index (χ1) is 15.5. The number of nitrogens with one attached hydrogen (secondary N) is 1. The van der Waals surface area contributed by atoms with E-state index in [9.17, 15) is 14.4 Å². The van der Waals surface area contributed by atoms with Gasteiger partial charge in [0, 0.05) is 18.8 Å². The highest BCUT2D eigenvalue weighted by molar-refractivity contribution is 5.92. The number of ether oxygens (including phenoxy) is 1. The molecule has 166 valence electrons. The van der Waals surface area contributed by atoms with Gasteiger partial charge < -0.3 is 15.0 Å². The molecule has 0 bridgehead atoms. The normalized spacial score (nSPS) is 13.7. The van der Waals surface area contributed by atoms with E-state index in [4.69, 9.17) is 4.74 Å². The molecule has 0 aliphatic carbocycles. The van der Waals surface area contributed by atoms with Crippen LogP contribution in [0.1, 0.15) is 11.1 Å². The summed E-state index contributed by atoms with van der Waals surface area (Å²) < 4.78 is 7.39. The van der Waals surface area contributed by atoms with Gasteiger partial charge in [0.15, 0.2) is 0 Å². The summed E-state index contributed by atoms with van der Waals surface area (Å²) in [5, 5.41) is 10.5. The molecule has 4 rings (SSSR count). The van der Waals surface area contributed by atoms with Crippen LogP contribution < -0.4 is 11.0 Å². The summed E-state index contributed by atoms with van der Waals surface area (Å²) in [6, 6.07) is 14.5. The molecule has 1 N–H and O–H groups in total. The lowest BCUT2D eigenvalue weighted by atomic mass is 10.1. The maximum atomic E-state index is 12.6. The minimum atomic E-state index is -0.511. The van der Waals surface area contributed by atoms with Crippen LogP contribution in [-0.2, 0) is 27.3 Å². The molecule has 0 unspecified atom stereocenters. The Bertz CT molecular complexity index is 1160. The van der Waals surface area contributed by atoms with Crippen molar-refractivity contribution in [3.05, 3.63) is 70.1 Å². The van der Waals surface area contributed by atoms with Crippen LogP contribution in [0.15, 0.2) is 53.3 Å². The van der Waals surface area contributed by atoms with Crippen molar-refractivity contribution in [3.63, 3.8) is 0 Å². The Kier molecular flexibility index (Phi) is 6.41. The molecule has 1 aromatic heterocycles. The number of aryl methyl sites for hydroxylation is 1. The fourth-order valence-electron chi connectivity index (χ4n) is 3.47. The molecule has 1 saturated heterocycles. The van der Waals surface area contributed by atoms with Crippen LogP contribution in [0, 0.1) is 6.92 Å². The number of benzene rings is 2. The maximum Gasteiger partial charge on any atom is 0.368 e. The monoisotopic (exact) mass is 436 g/mol. The third-order valence-corrected chi connectivity index (χ3v) is 5.13. The van der Waals surface area contributed by atoms with Crippen LogP contribution in [0.4, 0.5) is 5.69 Å². The van der Waals surface area contributed by atoms with Crippen molar-refractivity contribution >= 4 is 17.5 Å². The van der Waals surface area contributed by atoms with Crippen LogP contribution in [0.25, 0.3) is 5.69 Å². The van der Waals surface area contributed by atoms with E-state index in [1.807, 2.05) is 31.2 Å². The first-order valence-electron chi connectivity index (χ1n) is 10.3. The van der Waals surface area contributed by atoms with Gasteiger partial charge in [-0.1, -0.05) is 29.8 Å². The number of anilines is 1. The molecule has 32 heavy (non-hydrogen) atoms. The Labute approximate surface area is 184 Å². The average molecular weight is 436 g/mol. The number of rotatable bonds is 6. The Hall–Kier alpha value is -3.79. The van der Waals surface area contributed by atoms with Gasteiger partial charge in [-0.15, -0.1) is 0 Å². The van der Waals surface area contributed by atoms with E-state index >= 15 is 0 Å². The van der Waals surface area contributed by atoms with E-state index < -0.39 is 5.69 Å². The number of morpholine rings is 1. The number of carbonyl (C=O) groups is 2. The molecule has 2 heterocycles. The molecular weight excluding hydrogens is 412 g/mol. The Morgan fingerprint density at radius 1 is 1.06 bits per heavy atom. The molecule has 3 aromatic rings. The van der Waals surface area contributed by atoms with Gasteiger partial charge >= 0.3 is 5.69 Å². The van der Waals surface area contributed by atoms with E-state index in [2.05, 4.69) is 15.7 Å². The molecule has 2 amide bonds. The third kappa shape index (κ3) is 5.09. The SMILES string of the molecule is Cc1cccc(CC(=O)Nc2ccc(-n3nnn(CC(=O)N4CCOCC4)c3=O)cc2)c1. The zero-order valence-corrected chi connectivity index (χ0v) is 17.7. The molecule has 0 atom stereocenters. The minimum absolute atomic E-state index is 0.131. The number of nitrogens with zero attached hydrogens (tertiary/aromatic N) is 5. The zero-order chi connectivity index (χ0) is 22.5. The predicted molar refractivity (Wildman–Crippen MR) is 117 cm³/mol. The van der Waals surface area contributed by atoms with Crippen molar-refractivity contribution in [3.8, 4) is 5.69 Å². The van der Waals surface area contributed by atoms with Crippen molar-refractivity contribution in [1.29, 1.82) is 0 Å². The van der Waals surface area contributed by atoms with Gasteiger partial charge in [0.25, 0.3) is 0 Å². The number of aromatic nitrogens is 4. The molecular formula is C22H24N6O4. The quantitative estimate of drug-likeness (QED) is 0.611. The van der Waals surface area contributed by atoms with Crippen LogP contribution in [0.2, 0.25) is 0 Å². The lowest BCUT2D eigenvalue weighted by Gasteiger charge is -2.26.